The highest BCUT2D eigenvalue weighted by molar-refractivity contribution is 7.91. The van der Waals surface area contributed by atoms with E-state index in [4.69, 9.17) is 4.74 Å². The highest BCUT2D eigenvalue weighted by Gasteiger charge is 2.17. The van der Waals surface area contributed by atoms with Gasteiger partial charge in [-0.2, -0.15) is 0 Å². The summed E-state index contributed by atoms with van der Waals surface area (Å²) >= 11 is 0. The number of nitrogens with one attached hydrogen (secondary N) is 1. The maximum Gasteiger partial charge on any atom is 0.417 e. The minimum absolute atomic E-state index is 0.110. The number of benzene rings is 2. The fraction of sp³-hybridized carbons (Fsp3) is 0. The zero-order valence-corrected chi connectivity index (χ0v) is 13.8. The van der Waals surface area contributed by atoms with E-state index in [-0.39, 0.29) is 9.79 Å². The zero-order chi connectivity index (χ0) is 17.7. The summed E-state index contributed by atoms with van der Waals surface area (Å²) < 4.78 is 30.0. The Kier molecular flexibility index (Phi) is 4.76. The number of anilines is 1. The fourth-order valence-corrected chi connectivity index (χ4v) is 3.32. The van der Waals surface area contributed by atoms with Crippen molar-refractivity contribution in [2.75, 3.05) is 5.32 Å². The quantitative estimate of drug-likeness (QED) is 0.775. The number of carbonyl (C=O) groups is 1. The van der Waals surface area contributed by atoms with Crippen LogP contribution in [0.3, 0.4) is 0 Å². The average molecular weight is 354 g/mol. The number of hydrogen-bond acceptors (Lipinski definition) is 5. The summed E-state index contributed by atoms with van der Waals surface area (Å²) in [5.41, 5.74) is 0.422. The number of ether oxygens (including phenoxy) is 1. The lowest BCUT2D eigenvalue weighted by atomic mass is 10.3. The number of nitrogens with zero attached hydrogens (tertiary/aromatic N) is 1. The zero-order valence-electron chi connectivity index (χ0n) is 13.0. The average Bonchev–Trinajstić information content (AvgIpc) is 2.63. The number of carbonyl (C=O) groups excluding carboxylic acids is 1. The van der Waals surface area contributed by atoms with Crippen LogP contribution in [0.2, 0.25) is 0 Å². The Labute approximate surface area is 145 Å². The van der Waals surface area contributed by atoms with Crippen LogP contribution in [0.15, 0.2) is 88.9 Å². The second kappa shape index (κ2) is 7.14. The van der Waals surface area contributed by atoms with Gasteiger partial charge in [0.2, 0.25) is 9.84 Å². The summed E-state index contributed by atoms with van der Waals surface area (Å²) in [6, 6.07) is 17.5. The van der Waals surface area contributed by atoms with Crippen molar-refractivity contribution in [2.24, 2.45) is 0 Å². The van der Waals surface area contributed by atoms with Crippen molar-refractivity contribution in [1.82, 2.24) is 4.98 Å². The highest BCUT2D eigenvalue weighted by Crippen LogP contribution is 2.21. The number of amides is 1. The molecule has 0 bridgehead atoms. The first-order valence-corrected chi connectivity index (χ1v) is 8.83. The minimum atomic E-state index is -3.64. The summed E-state index contributed by atoms with van der Waals surface area (Å²) in [4.78, 5) is 15.9. The molecule has 126 valence electrons. The maximum atomic E-state index is 12.5. The molecule has 1 N–H and O–H groups in total. The molecule has 0 aliphatic rings. The van der Waals surface area contributed by atoms with Gasteiger partial charge in [0.15, 0.2) is 0 Å². The molecule has 3 aromatic rings. The van der Waals surface area contributed by atoms with Gasteiger partial charge in [-0.3, -0.25) is 10.3 Å². The molecule has 0 unspecified atom stereocenters. The van der Waals surface area contributed by atoms with Crippen LogP contribution in [0.1, 0.15) is 0 Å². The van der Waals surface area contributed by atoms with Crippen molar-refractivity contribution in [3.05, 3.63) is 79.1 Å². The van der Waals surface area contributed by atoms with Crippen molar-refractivity contribution < 1.29 is 17.9 Å². The predicted octanol–water partition coefficient (Wildman–Crippen LogP) is 3.53. The van der Waals surface area contributed by atoms with E-state index in [1.807, 2.05) is 6.07 Å². The van der Waals surface area contributed by atoms with Gasteiger partial charge in [0.1, 0.15) is 5.75 Å². The predicted molar refractivity (Wildman–Crippen MR) is 92.2 cm³/mol. The first-order valence-electron chi connectivity index (χ1n) is 7.35. The number of aromatic nitrogens is 1. The molecule has 3 rings (SSSR count). The lowest BCUT2D eigenvalue weighted by Gasteiger charge is -2.08. The Balaban J connectivity index is 1.71. The normalized spacial score (nSPS) is 10.9. The smallest absolute Gasteiger partial charge is 0.410 e. The number of rotatable bonds is 4. The number of hydrogen-bond donors (Lipinski definition) is 1. The van der Waals surface area contributed by atoms with Crippen molar-refractivity contribution in [3.8, 4) is 5.75 Å². The molecular weight excluding hydrogens is 340 g/mol. The molecule has 7 heteroatoms. The molecule has 2 aromatic carbocycles. The Morgan fingerprint density at radius 3 is 2.24 bits per heavy atom. The van der Waals surface area contributed by atoms with Crippen LogP contribution in [0.25, 0.3) is 0 Å². The standard InChI is InChI=1S/C18H14N2O4S/c21-18(24-15-5-2-1-3-6-15)20-14-8-10-16(11-9-14)25(22,23)17-7-4-12-19-13-17/h1-13H,(H,20,21). The van der Waals surface area contributed by atoms with Gasteiger partial charge in [0.25, 0.3) is 0 Å². The van der Waals surface area contributed by atoms with Gasteiger partial charge < -0.3 is 4.74 Å². The van der Waals surface area contributed by atoms with Gasteiger partial charge in [-0.15, -0.1) is 0 Å². The summed E-state index contributed by atoms with van der Waals surface area (Å²) in [7, 11) is -3.64. The first-order chi connectivity index (χ1) is 12.1. The van der Waals surface area contributed by atoms with E-state index in [0.717, 1.165) is 0 Å². The van der Waals surface area contributed by atoms with Gasteiger partial charge in [0.05, 0.1) is 9.79 Å². The largest absolute Gasteiger partial charge is 0.417 e. The monoisotopic (exact) mass is 354 g/mol. The van der Waals surface area contributed by atoms with Crippen LogP contribution in [0.5, 0.6) is 5.75 Å². The molecule has 0 spiro atoms. The fourth-order valence-electron chi connectivity index (χ4n) is 2.10. The molecule has 1 heterocycles. The molecule has 6 nitrogen and oxygen atoms in total. The van der Waals surface area contributed by atoms with E-state index in [2.05, 4.69) is 10.3 Å². The molecule has 1 aromatic heterocycles. The number of para-hydroxylation sites is 1. The van der Waals surface area contributed by atoms with Crippen LogP contribution in [-0.2, 0) is 9.84 Å². The van der Waals surface area contributed by atoms with Crippen LogP contribution >= 0.6 is 0 Å². The highest BCUT2D eigenvalue weighted by atomic mass is 32.2. The van der Waals surface area contributed by atoms with Gasteiger partial charge in [-0.05, 0) is 48.5 Å². The molecule has 0 saturated heterocycles. The molecular formula is C18H14N2O4S. The molecule has 0 fully saturated rings. The van der Waals surface area contributed by atoms with Gasteiger partial charge in [-0.1, -0.05) is 18.2 Å². The SMILES string of the molecule is O=C(Nc1ccc(S(=O)(=O)c2cccnc2)cc1)Oc1ccccc1. The Morgan fingerprint density at radius 1 is 0.880 bits per heavy atom. The van der Waals surface area contributed by atoms with Crippen molar-refractivity contribution in [2.45, 2.75) is 9.79 Å². The Bertz CT molecular complexity index is 957. The minimum Gasteiger partial charge on any atom is -0.410 e. The van der Waals surface area contributed by atoms with Gasteiger partial charge in [-0.25, -0.2) is 13.2 Å². The van der Waals surface area contributed by atoms with Crippen LogP contribution in [0, 0.1) is 0 Å². The van der Waals surface area contributed by atoms with Crippen LogP contribution < -0.4 is 10.1 Å². The second-order valence-electron chi connectivity index (χ2n) is 5.04. The van der Waals surface area contributed by atoms with Crippen LogP contribution in [0.4, 0.5) is 10.5 Å². The topological polar surface area (TPSA) is 85.4 Å². The molecule has 0 aliphatic heterocycles. The van der Waals surface area contributed by atoms with Crippen molar-refractivity contribution >= 4 is 21.6 Å². The molecule has 0 aliphatic carbocycles. The van der Waals surface area contributed by atoms with Crippen molar-refractivity contribution in [3.63, 3.8) is 0 Å². The lowest BCUT2D eigenvalue weighted by Crippen LogP contribution is -2.16. The third-order valence-corrected chi connectivity index (χ3v) is 5.06. The van der Waals surface area contributed by atoms with Crippen LogP contribution in [-0.4, -0.2) is 19.5 Å². The van der Waals surface area contributed by atoms with Gasteiger partial charge >= 0.3 is 6.09 Å². The lowest BCUT2D eigenvalue weighted by molar-refractivity contribution is 0.215. The van der Waals surface area contributed by atoms with E-state index in [1.165, 1.54) is 42.7 Å². The summed E-state index contributed by atoms with van der Waals surface area (Å²) in [5.74, 6) is 0.413. The molecule has 1 amide bonds. The second-order valence-corrected chi connectivity index (χ2v) is 6.99. The molecule has 0 radical (unpaired) electrons. The van der Waals surface area contributed by atoms with E-state index in [0.29, 0.717) is 11.4 Å². The Hall–Kier alpha value is -3.19. The molecule has 0 atom stereocenters. The molecule has 25 heavy (non-hydrogen) atoms. The van der Waals surface area contributed by atoms with E-state index >= 15 is 0 Å². The molecule has 0 saturated carbocycles. The first kappa shape index (κ1) is 16.7. The Morgan fingerprint density at radius 2 is 1.60 bits per heavy atom. The maximum absolute atomic E-state index is 12.5. The van der Waals surface area contributed by atoms with E-state index in [1.54, 1.807) is 30.3 Å². The third kappa shape index (κ3) is 4.02. The van der Waals surface area contributed by atoms with Crippen molar-refractivity contribution in [1.29, 1.82) is 0 Å². The summed E-state index contributed by atoms with van der Waals surface area (Å²) in [6.07, 6.45) is 2.14. The third-order valence-electron chi connectivity index (χ3n) is 3.31. The van der Waals surface area contributed by atoms with E-state index < -0.39 is 15.9 Å². The number of pyridine rings is 1. The van der Waals surface area contributed by atoms with Gasteiger partial charge in [0, 0.05) is 18.1 Å². The van der Waals surface area contributed by atoms with E-state index in [9.17, 15) is 13.2 Å². The summed E-state index contributed by atoms with van der Waals surface area (Å²) in [5, 5.41) is 2.54. The number of sulfone groups is 1. The summed E-state index contributed by atoms with van der Waals surface area (Å²) in [6.45, 7) is 0.